The van der Waals surface area contributed by atoms with Gasteiger partial charge in [-0.25, -0.2) is 0 Å². The Hall–Kier alpha value is -0.570. The number of amides is 1. The Bertz CT molecular complexity index is 204. The van der Waals surface area contributed by atoms with E-state index < -0.39 is 0 Å². The van der Waals surface area contributed by atoms with Crippen LogP contribution in [-0.4, -0.2) is 24.5 Å². The van der Waals surface area contributed by atoms with Crippen LogP contribution in [0.25, 0.3) is 0 Å². The summed E-state index contributed by atoms with van der Waals surface area (Å²) >= 11 is 0. The van der Waals surface area contributed by atoms with E-state index in [-0.39, 0.29) is 11.9 Å². The molecule has 3 heteroatoms. The summed E-state index contributed by atoms with van der Waals surface area (Å²) in [5, 5.41) is 6.31. The van der Waals surface area contributed by atoms with Gasteiger partial charge in [-0.15, -0.1) is 0 Å². The van der Waals surface area contributed by atoms with Gasteiger partial charge in [0, 0.05) is 12.6 Å². The van der Waals surface area contributed by atoms with Crippen molar-refractivity contribution in [2.75, 3.05) is 6.54 Å². The topological polar surface area (TPSA) is 41.1 Å². The molecule has 0 spiro atoms. The fraction of sp³-hybridized carbons (Fsp3) is 0.929. The number of carbonyl (C=O) groups is 1. The molecular formula is C14H30N2O. The highest BCUT2D eigenvalue weighted by Gasteiger charge is 2.15. The lowest BCUT2D eigenvalue weighted by Crippen LogP contribution is -2.46. The van der Waals surface area contributed by atoms with Gasteiger partial charge >= 0.3 is 0 Å². The van der Waals surface area contributed by atoms with Crippen LogP contribution in [0.15, 0.2) is 0 Å². The molecule has 0 aliphatic carbocycles. The first-order valence-corrected chi connectivity index (χ1v) is 7.01. The molecule has 0 heterocycles. The molecule has 0 aliphatic heterocycles. The number of carbonyl (C=O) groups excluding carboxylic acids is 1. The minimum Gasteiger partial charge on any atom is -0.355 e. The van der Waals surface area contributed by atoms with Crippen LogP contribution in [0.2, 0.25) is 0 Å². The van der Waals surface area contributed by atoms with Crippen LogP contribution in [-0.2, 0) is 4.79 Å². The zero-order valence-corrected chi connectivity index (χ0v) is 12.2. The van der Waals surface area contributed by atoms with E-state index in [1.807, 2.05) is 6.92 Å². The van der Waals surface area contributed by atoms with Gasteiger partial charge in [-0.2, -0.15) is 0 Å². The van der Waals surface area contributed by atoms with Crippen LogP contribution in [0.4, 0.5) is 0 Å². The van der Waals surface area contributed by atoms with Crippen LogP contribution in [0.5, 0.6) is 0 Å². The van der Waals surface area contributed by atoms with E-state index in [1.165, 1.54) is 12.8 Å². The molecule has 0 aromatic rings. The first-order valence-electron chi connectivity index (χ1n) is 7.01. The lowest BCUT2D eigenvalue weighted by molar-refractivity contribution is -0.122. The largest absolute Gasteiger partial charge is 0.355 e. The summed E-state index contributed by atoms with van der Waals surface area (Å²) in [5.41, 5.74) is 0. The lowest BCUT2D eigenvalue weighted by Gasteiger charge is -2.21. The Morgan fingerprint density at radius 2 is 1.76 bits per heavy atom. The average molecular weight is 242 g/mol. The molecule has 0 radical (unpaired) electrons. The van der Waals surface area contributed by atoms with E-state index in [1.54, 1.807) is 0 Å². The molecular weight excluding hydrogens is 212 g/mol. The van der Waals surface area contributed by atoms with Gasteiger partial charge in [0.15, 0.2) is 0 Å². The van der Waals surface area contributed by atoms with E-state index in [4.69, 9.17) is 0 Å². The van der Waals surface area contributed by atoms with Crippen LogP contribution < -0.4 is 10.6 Å². The van der Waals surface area contributed by atoms with Gasteiger partial charge in [0.2, 0.25) is 5.91 Å². The number of hydrogen-bond acceptors (Lipinski definition) is 2. The molecule has 0 saturated carbocycles. The average Bonchev–Trinajstić information content (AvgIpc) is 2.22. The summed E-state index contributed by atoms with van der Waals surface area (Å²) in [6.07, 6.45) is 4.56. The summed E-state index contributed by atoms with van der Waals surface area (Å²) in [7, 11) is 0. The molecule has 0 aliphatic rings. The molecule has 0 saturated heterocycles. The van der Waals surface area contributed by atoms with Gasteiger partial charge in [-0.1, -0.05) is 33.6 Å². The molecule has 17 heavy (non-hydrogen) atoms. The summed E-state index contributed by atoms with van der Waals surface area (Å²) in [6, 6.07) is 0.303. The zero-order valence-electron chi connectivity index (χ0n) is 12.2. The smallest absolute Gasteiger partial charge is 0.236 e. The molecule has 102 valence electrons. The predicted molar refractivity (Wildman–Crippen MR) is 74.0 cm³/mol. The van der Waals surface area contributed by atoms with Crippen LogP contribution in [0.3, 0.4) is 0 Å². The second kappa shape index (κ2) is 9.46. The number of nitrogens with one attached hydrogen (secondary N) is 2. The third-order valence-corrected chi connectivity index (χ3v) is 2.83. The van der Waals surface area contributed by atoms with Crippen LogP contribution in [0.1, 0.15) is 60.3 Å². The number of hydrogen-bond donors (Lipinski definition) is 2. The highest BCUT2D eigenvalue weighted by Crippen LogP contribution is 2.04. The van der Waals surface area contributed by atoms with E-state index in [2.05, 4.69) is 38.3 Å². The molecule has 0 rings (SSSR count). The standard InChI is InChI=1S/C14H30N2O/c1-6-7-8-9-15-14(17)13(5)16-12(4)10-11(2)3/h11-13,16H,6-10H2,1-5H3,(H,15,17). The summed E-state index contributed by atoms with van der Waals surface area (Å²) in [5.74, 6) is 0.786. The van der Waals surface area contributed by atoms with Gasteiger partial charge in [0.05, 0.1) is 6.04 Å². The van der Waals surface area contributed by atoms with Crippen LogP contribution >= 0.6 is 0 Å². The Labute approximate surface area is 107 Å². The van der Waals surface area contributed by atoms with Gasteiger partial charge in [0.1, 0.15) is 0 Å². The van der Waals surface area contributed by atoms with Gasteiger partial charge in [0.25, 0.3) is 0 Å². The third kappa shape index (κ3) is 9.16. The number of rotatable bonds is 9. The SMILES string of the molecule is CCCCCNC(=O)C(C)NC(C)CC(C)C. The van der Waals surface area contributed by atoms with Crippen molar-refractivity contribution >= 4 is 5.91 Å². The minimum absolute atomic E-state index is 0.0922. The van der Waals surface area contributed by atoms with Crippen molar-refractivity contribution in [3.05, 3.63) is 0 Å². The van der Waals surface area contributed by atoms with Gasteiger partial charge in [-0.3, -0.25) is 4.79 Å². The lowest BCUT2D eigenvalue weighted by atomic mass is 10.0. The minimum atomic E-state index is -0.0922. The predicted octanol–water partition coefficient (Wildman–Crippen LogP) is 2.71. The van der Waals surface area contributed by atoms with Crippen molar-refractivity contribution in [3.63, 3.8) is 0 Å². The molecule has 3 nitrogen and oxygen atoms in total. The van der Waals surface area contributed by atoms with Crippen molar-refractivity contribution in [2.24, 2.45) is 5.92 Å². The zero-order chi connectivity index (χ0) is 13.3. The highest BCUT2D eigenvalue weighted by atomic mass is 16.2. The molecule has 2 N–H and O–H groups in total. The molecule has 1 amide bonds. The van der Waals surface area contributed by atoms with Crippen molar-refractivity contribution in [2.45, 2.75) is 72.4 Å². The maximum absolute atomic E-state index is 11.8. The monoisotopic (exact) mass is 242 g/mol. The highest BCUT2D eigenvalue weighted by molar-refractivity contribution is 5.81. The fourth-order valence-corrected chi connectivity index (χ4v) is 2.02. The Morgan fingerprint density at radius 3 is 2.29 bits per heavy atom. The van der Waals surface area contributed by atoms with Gasteiger partial charge in [-0.05, 0) is 32.6 Å². The van der Waals surface area contributed by atoms with E-state index >= 15 is 0 Å². The van der Waals surface area contributed by atoms with E-state index in [9.17, 15) is 4.79 Å². The molecule has 0 aromatic heterocycles. The fourth-order valence-electron chi connectivity index (χ4n) is 2.02. The Kier molecular flexibility index (Phi) is 9.14. The molecule has 0 bridgehead atoms. The van der Waals surface area contributed by atoms with Crippen molar-refractivity contribution in [1.29, 1.82) is 0 Å². The van der Waals surface area contributed by atoms with Crippen molar-refractivity contribution < 1.29 is 4.79 Å². The normalized spacial score (nSPS) is 14.7. The van der Waals surface area contributed by atoms with E-state index in [0.29, 0.717) is 12.0 Å². The maximum Gasteiger partial charge on any atom is 0.236 e. The Balaban J connectivity index is 3.73. The molecule has 2 atom stereocenters. The summed E-state index contributed by atoms with van der Waals surface area (Å²) in [6.45, 7) is 11.4. The number of unbranched alkanes of at least 4 members (excludes halogenated alkanes) is 2. The van der Waals surface area contributed by atoms with E-state index in [0.717, 1.165) is 19.4 Å². The molecule has 2 unspecified atom stereocenters. The van der Waals surface area contributed by atoms with Crippen molar-refractivity contribution in [1.82, 2.24) is 10.6 Å². The quantitative estimate of drug-likeness (QED) is 0.610. The van der Waals surface area contributed by atoms with Gasteiger partial charge < -0.3 is 10.6 Å². The summed E-state index contributed by atoms with van der Waals surface area (Å²) < 4.78 is 0. The second-order valence-corrected chi connectivity index (χ2v) is 5.42. The van der Waals surface area contributed by atoms with Crippen molar-refractivity contribution in [3.8, 4) is 0 Å². The first kappa shape index (κ1) is 16.4. The molecule has 0 fully saturated rings. The first-order chi connectivity index (χ1) is 7.97. The molecule has 0 aromatic carbocycles. The van der Waals surface area contributed by atoms with Crippen LogP contribution in [0, 0.1) is 5.92 Å². The maximum atomic E-state index is 11.8. The second-order valence-electron chi connectivity index (χ2n) is 5.42. The third-order valence-electron chi connectivity index (χ3n) is 2.83. The Morgan fingerprint density at radius 1 is 1.12 bits per heavy atom. The summed E-state index contributed by atoms with van der Waals surface area (Å²) in [4.78, 5) is 11.8.